The molecule has 4 rings (SSSR count). The van der Waals surface area contributed by atoms with Crippen molar-refractivity contribution in [2.75, 3.05) is 42.7 Å². The molecule has 2 aromatic carbocycles. The van der Waals surface area contributed by atoms with E-state index in [0.717, 1.165) is 37.3 Å². The van der Waals surface area contributed by atoms with Crippen molar-refractivity contribution in [2.24, 2.45) is 11.7 Å². The van der Waals surface area contributed by atoms with E-state index in [1.165, 1.54) is 6.07 Å². The Balaban J connectivity index is 1.41. The Morgan fingerprint density at radius 3 is 2.42 bits per heavy atom. The first-order valence-electron chi connectivity index (χ1n) is 11.8. The summed E-state index contributed by atoms with van der Waals surface area (Å²) in [6.07, 6.45) is 1.67. The number of benzene rings is 2. The van der Waals surface area contributed by atoms with E-state index in [1.54, 1.807) is 43.3 Å². The predicted octanol–water partition coefficient (Wildman–Crippen LogP) is 3.37. The van der Waals surface area contributed by atoms with Gasteiger partial charge in [0.1, 0.15) is 5.82 Å². The monoisotopic (exact) mass is 491 g/mol. The Morgan fingerprint density at radius 2 is 1.78 bits per heavy atom. The third kappa shape index (κ3) is 5.88. The number of anilines is 4. The van der Waals surface area contributed by atoms with Crippen LogP contribution in [0, 0.1) is 11.7 Å². The second-order valence-corrected chi connectivity index (χ2v) is 8.97. The molecule has 1 aliphatic heterocycles. The molecule has 1 aliphatic rings. The van der Waals surface area contributed by atoms with Gasteiger partial charge in [-0.05, 0) is 43.2 Å². The average Bonchev–Trinajstić information content (AvgIpc) is 2.88. The smallest absolute Gasteiger partial charge is 0.271 e. The van der Waals surface area contributed by atoms with Crippen LogP contribution >= 0.6 is 0 Å². The number of nitrogens with two attached hydrogens (primary N) is 1. The van der Waals surface area contributed by atoms with Crippen LogP contribution in [0.25, 0.3) is 0 Å². The number of primary amides is 1. The van der Waals surface area contributed by atoms with Crippen molar-refractivity contribution in [1.29, 1.82) is 0 Å². The first-order valence-corrected chi connectivity index (χ1v) is 11.8. The summed E-state index contributed by atoms with van der Waals surface area (Å²) in [5, 5.41) is 14.2. The molecule has 1 fully saturated rings. The van der Waals surface area contributed by atoms with Crippen molar-refractivity contribution in [1.82, 2.24) is 15.1 Å². The van der Waals surface area contributed by atoms with Gasteiger partial charge in [-0.3, -0.25) is 9.59 Å². The molecular formula is C26H30FN7O2. The van der Waals surface area contributed by atoms with Crippen LogP contribution in [-0.4, -0.2) is 54.1 Å². The molecule has 2 amide bonds. The lowest BCUT2D eigenvalue weighted by molar-refractivity contribution is -0.133. The molecule has 10 heteroatoms. The van der Waals surface area contributed by atoms with Crippen LogP contribution < -0.4 is 21.3 Å². The van der Waals surface area contributed by atoms with E-state index in [-0.39, 0.29) is 29.9 Å². The summed E-state index contributed by atoms with van der Waals surface area (Å²) in [7, 11) is 3.60. The summed E-state index contributed by atoms with van der Waals surface area (Å²) in [5.74, 6) is -0.391. The first-order chi connectivity index (χ1) is 17.3. The zero-order valence-corrected chi connectivity index (χ0v) is 20.4. The van der Waals surface area contributed by atoms with E-state index >= 15 is 0 Å². The molecule has 0 saturated carbocycles. The molecule has 4 N–H and O–H groups in total. The maximum absolute atomic E-state index is 14.0. The number of carbonyl (C=O) groups excluding carboxylic acids is 2. The van der Waals surface area contributed by atoms with Gasteiger partial charge in [-0.15, -0.1) is 10.2 Å². The number of rotatable bonds is 8. The Bertz CT molecular complexity index is 1230. The molecule has 0 unspecified atom stereocenters. The van der Waals surface area contributed by atoms with Gasteiger partial charge in [-0.1, -0.05) is 18.2 Å². The third-order valence-corrected chi connectivity index (χ3v) is 6.24. The quantitative estimate of drug-likeness (QED) is 0.442. The second kappa shape index (κ2) is 11.0. The molecule has 1 saturated heterocycles. The minimum absolute atomic E-state index is 0.0246. The maximum atomic E-state index is 14.0. The van der Waals surface area contributed by atoms with Crippen LogP contribution in [0.2, 0.25) is 0 Å². The zero-order valence-electron chi connectivity index (χ0n) is 20.4. The van der Waals surface area contributed by atoms with Gasteiger partial charge in [0.25, 0.3) is 5.91 Å². The fourth-order valence-corrected chi connectivity index (χ4v) is 4.25. The van der Waals surface area contributed by atoms with Crippen LogP contribution in [0.1, 0.15) is 28.9 Å². The number of piperidine rings is 1. The van der Waals surface area contributed by atoms with Gasteiger partial charge in [0.15, 0.2) is 11.5 Å². The molecule has 0 aliphatic carbocycles. The highest BCUT2D eigenvalue weighted by Crippen LogP contribution is 2.27. The van der Waals surface area contributed by atoms with E-state index in [9.17, 15) is 14.0 Å². The molecule has 9 nitrogen and oxygen atoms in total. The Labute approximate surface area is 209 Å². The standard InChI is InChI=1S/C26H30FN7O2/c1-33(2)26(36)17-11-13-34(14-12-17)20-9-7-19(8-10-20)30-23-15-22(24(25(28)35)32-31-23)29-16-18-5-3-4-6-21(18)27/h3-10,15,17H,11-14,16H2,1-2H3,(H2,28,35)(H2,29,30,31). The van der Waals surface area contributed by atoms with Gasteiger partial charge in [0, 0.05) is 62.7 Å². The Kier molecular flexibility index (Phi) is 7.62. The number of hydrogen-bond donors (Lipinski definition) is 3. The summed E-state index contributed by atoms with van der Waals surface area (Å²) in [6, 6.07) is 15.9. The molecule has 3 aromatic rings. The largest absolute Gasteiger partial charge is 0.379 e. The highest BCUT2D eigenvalue weighted by molar-refractivity contribution is 5.96. The first kappa shape index (κ1) is 24.9. The van der Waals surface area contributed by atoms with Crippen LogP contribution in [0.5, 0.6) is 0 Å². The molecular weight excluding hydrogens is 461 g/mol. The van der Waals surface area contributed by atoms with E-state index in [1.807, 2.05) is 24.3 Å². The fourth-order valence-electron chi connectivity index (χ4n) is 4.25. The molecule has 0 radical (unpaired) electrons. The molecule has 36 heavy (non-hydrogen) atoms. The van der Waals surface area contributed by atoms with Crippen molar-refractivity contribution < 1.29 is 14.0 Å². The molecule has 1 aromatic heterocycles. The van der Waals surface area contributed by atoms with Crippen molar-refractivity contribution in [3.8, 4) is 0 Å². The number of carbonyl (C=O) groups is 2. The van der Waals surface area contributed by atoms with Crippen molar-refractivity contribution in [3.05, 3.63) is 71.7 Å². The van der Waals surface area contributed by atoms with Gasteiger partial charge in [0.05, 0.1) is 5.69 Å². The SMILES string of the molecule is CN(C)C(=O)C1CCN(c2ccc(Nc3cc(NCc4ccccc4F)c(C(N)=O)nn3)cc2)CC1. The number of nitrogens with zero attached hydrogens (tertiary/aromatic N) is 4. The van der Waals surface area contributed by atoms with Crippen LogP contribution in [-0.2, 0) is 11.3 Å². The molecule has 2 heterocycles. The molecule has 0 bridgehead atoms. The van der Waals surface area contributed by atoms with E-state index in [4.69, 9.17) is 5.73 Å². The summed E-state index contributed by atoms with van der Waals surface area (Å²) >= 11 is 0. The molecule has 0 atom stereocenters. The summed E-state index contributed by atoms with van der Waals surface area (Å²) in [6.45, 7) is 1.81. The minimum atomic E-state index is -0.731. The lowest BCUT2D eigenvalue weighted by Crippen LogP contribution is -2.40. The highest BCUT2D eigenvalue weighted by Gasteiger charge is 2.26. The fraction of sp³-hybridized carbons (Fsp3) is 0.308. The number of hydrogen-bond acceptors (Lipinski definition) is 7. The normalized spacial score (nSPS) is 13.8. The highest BCUT2D eigenvalue weighted by atomic mass is 19.1. The van der Waals surface area contributed by atoms with Gasteiger partial charge in [-0.25, -0.2) is 4.39 Å². The minimum Gasteiger partial charge on any atom is -0.379 e. The number of amides is 2. The Hall–Kier alpha value is -4.21. The van der Waals surface area contributed by atoms with Gasteiger partial charge >= 0.3 is 0 Å². The molecule has 188 valence electrons. The van der Waals surface area contributed by atoms with E-state index in [2.05, 4.69) is 25.7 Å². The third-order valence-electron chi connectivity index (χ3n) is 6.24. The lowest BCUT2D eigenvalue weighted by Gasteiger charge is -2.34. The number of nitrogens with one attached hydrogen (secondary N) is 2. The number of aromatic nitrogens is 2. The van der Waals surface area contributed by atoms with Gasteiger partial charge in [0.2, 0.25) is 5.91 Å². The average molecular weight is 492 g/mol. The van der Waals surface area contributed by atoms with E-state index in [0.29, 0.717) is 17.1 Å². The summed E-state index contributed by atoms with van der Waals surface area (Å²) in [4.78, 5) is 28.0. The van der Waals surface area contributed by atoms with Crippen molar-refractivity contribution in [3.63, 3.8) is 0 Å². The van der Waals surface area contributed by atoms with Gasteiger partial charge in [-0.2, -0.15) is 0 Å². The predicted molar refractivity (Wildman–Crippen MR) is 138 cm³/mol. The second-order valence-electron chi connectivity index (χ2n) is 8.97. The van der Waals surface area contributed by atoms with E-state index < -0.39 is 5.91 Å². The Morgan fingerprint density at radius 1 is 1.08 bits per heavy atom. The maximum Gasteiger partial charge on any atom is 0.271 e. The van der Waals surface area contributed by atoms with Crippen molar-refractivity contribution in [2.45, 2.75) is 19.4 Å². The lowest BCUT2D eigenvalue weighted by atomic mass is 9.95. The summed E-state index contributed by atoms with van der Waals surface area (Å²) < 4.78 is 14.0. The molecule has 0 spiro atoms. The van der Waals surface area contributed by atoms with Gasteiger partial charge < -0.3 is 26.2 Å². The van der Waals surface area contributed by atoms with Crippen LogP contribution in [0.3, 0.4) is 0 Å². The van der Waals surface area contributed by atoms with Crippen LogP contribution in [0.15, 0.2) is 54.6 Å². The topological polar surface area (TPSA) is 116 Å². The van der Waals surface area contributed by atoms with Crippen molar-refractivity contribution >= 4 is 34.7 Å². The number of halogens is 1. The summed E-state index contributed by atoms with van der Waals surface area (Å²) in [5.41, 5.74) is 8.09. The van der Waals surface area contributed by atoms with Crippen LogP contribution in [0.4, 0.5) is 27.3 Å². The zero-order chi connectivity index (χ0) is 25.7.